The largest absolute Gasteiger partial charge is 0.472 e. The summed E-state index contributed by atoms with van der Waals surface area (Å²) in [6.45, 7) is 4.74. The van der Waals surface area contributed by atoms with Crippen LogP contribution in [0.4, 0.5) is 0 Å². The highest BCUT2D eigenvalue weighted by atomic mass is 31.2. The van der Waals surface area contributed by atoms with Gasteiger partial charge in [0.1, 0.15) is 13.2 Å². The third-order valence-electron chi connectivity index (χ3n) is 9.78. The van der Waals surface area contributed by atoms with Gasteiger partial charge in [0.2, 0.25) is 5.91 Å². The molecule has 0 fully saturated rings. The standard InChI is InChI=1S/C47H87N2O6P/c1-6-8-10-12-14-16-18-20-21-22-23-24-25-26-27-29-31-33-35-37-39-41-47(51)48-45(44-55-56(52,53)54-43-42-49(3,4)5)46(50)40-38-36-34-32-30-28-19-17-15-13-11-9-7-2/h8,10,14,16,20-21,23-24,26-27,45-46,50H,6-7,9,11-13,15,17-19,22,25,28-44H2,1-5H3,(H-,48,51,52,53)/p+1/b10-8-,16-14-,21-20-,24-23-,27-26-. The zero-order chi connectivity index (χ0) is 41.4. The second kappa shape index (κ2) is 38.7. The van der Waals surface area contributed by atoms with Crippen LogP contribution in [0, 0.1) is 0 Å². The number of rotatable bonds is 40. The van der Waals surface area contributed by atoms with Crippen molar-refractivity contribution in [3.05, 3.63) is 60.8 Å². The van der Waals surface area contributed by atoms with E-state index < -0.39 is 20.0 Å². The first-order valence-corrected chi connectivity index (χ1v) is 24.1. The van der Waals surface area contributed by atoms with Gasteiger partial charge in [-0.3, -0.25) is 13.8 Å². The molecule has 0 aromatic rings. The Hall–Kier alpha value is -1.80. The van der Waals surface area contributed by atoms with Crippen LogP contribution in [0.25, 0.3) is 0 Å². The van der Waals surface area contributed by atoms with E-state index in [2.05, 4.69) is 79.9 Å². The summed E-state index contributed by atoms with van der Waals surface area (Å²) in [5.41, 5.74) is 0. The predicted molar refractivity (Wildman–Crippen MR) is 240 cm³/mol. The zero-order valence-electron chi connectivity index (χ0n) is 36.9. The first-order valence-electron chi connectivity index (χ1n) is 22.7. The van der Waals surface area contributed by atoms with Gasteiger partial charge in [0.15, 0.2) is 0 Å². The summed E-state index contributed by atoms with van der Waals surface area (Å²) in [7, 11) is 1.59. The Morgan fingerprint density at radius 2 is 1.07 bits per heavy atom. The maximum atomic E-state index is 12.9. The third kappa shape index (κ3) is 40.4. The van der Waals surface area contributed by atoms with Gasteiger partial charge in [0, 0.05) is 6.42 Å². The maximum absolute atomic E-state index is 12.9. The minimum absolute atomic E-state index is 0.0676. The Labute approximate surface area is 345 Å². The molecule has 326 valence electrons. The molecular formula is C47H88N2O6P+. The molecule has 0 spiro atoms. The second-order valence-corrected chi connectivity index (χ2v) is 17.9. The molecular weight excluding hydrogens is 719 g/mol. The number of quaternary nitrogens is 1. The first-order chi connectivity index (χ1) is 27.0. The molecule has 0 aromatic carbocycles. The highest BCUT2D eigenvalue weighted by molar-refractivity contribution is 7.47. The number of unbranched alkanes of at least 4 members (excludes halogenated alkanes) is 17. The van der Waals surface area contributed by atoms with Crippen LogP contribution in [0.1, 0.15) is 181 Å². The number of phosphoric ester groups is 1. The van der Waals surface area contributed by atoms with Gasteiger partial charge in [-0.1, -0.05) is 177 Å². The predicted octanol–water partition coefficient (Wildman–Crippen LogP) is 12.6. The third-order valence-corrected chi connectivity index (χ3v) is 10.8. The van der Waals surface area contributed by atoms with E-state index in [1.807, 2.05) is 21.1 Å². The Morgan fingerprint density at radius 3 is 1.57 bits per heavy atom. The van der Waals surface area contributed by atoms with Crippen LogP contribution in [0.5, 0.6) is 0 Å². The summed E-state index contributed by atoms with van der Waals surface area (Å²) in [4.78, 5) is 23.2. The molecule has 0 aliphatic heterocycles. The molecule has 3 N–H and O–H groups in total. The lowest BCUT2D eigenvalue weighted by atomic mass is 10.0. The lowest BCUT2D eigenvalue weighted by Gasteiger charge is -2.26. The molecule has 9 heteroatoms. The Kier molecular flexibility index (Phi) is 37.5. The molecule has 0 radical (unpaired) electrons. The summed E-state index contributed by atoms with van der Waals surface area (Å²) in [5.74, 6) is -0.166. The molecule has 0 aromatic heterocycles. The van der Waals surface area contributed by atoms with E-state index in [0.29, 0.717) is 23.9 Å². The zero-order valence-corrected chi connectivity index (χ0v) is 37.8. The van der Waals surface area contributed by atoms with Crippen molar-refractivity contribution >= 4 is 13.7 Å². The molecule has 0 aliphatic rings. The number of nitrogens with one attached hydrogen (secondary N) is 1. The smallest absolute Gasteiger partial charge is 0.391 e. The second-order valence-electron chi connectivity index (χ2n) is 16.4. The number of carbonyl (C=O) groups is 1. The number of aliphatic hydroxyl groups is 1. The summed E-state index contributed by atoms with van der Waals surface area (Å²) < 4.78 is 23.6. The van der Waals surface area contributed by atoms with Gasteiger partial charge >= 0.3 is 7.82 Å². The molecule has 0 rings (SSSR count). The maximum Gasteiger partial charge on any atom is 0.472 e. The van der Waals surface area contributed by atoms with E-state index in [9.17, 15) is 19.4 Å². The van der Waals surface area contributed by atoms with Crippen LogP contribution < -0.4 is 5.32 Å². The molecule has 0 saturated heterocycles. The van der Waals surface area contributed by atoms with Gasteiger partial charge in [0.05, 0.1) is 39.9 Å². The topological polar surface area (TPSA) is 105 Å². The van der Waals surface area contributed by atoms with E-state index in [-0.39, 0.29) is 19.1 Å². The van der Waals surface area contributed by atoms with Crippen LogP contribution in [-0.2, 0) is 18.4 Å². The molecule has 1 amide bonds. The van der Waals surface area contributed by atoms with Crippen molar-refractivity contribution in [3.8, 4) is 0 Å². The van der Waals surface area contributed by atoms with Crippen molar-refractivity contribution in [2.75, 3.05) is 40.9 Å². The van der Waals surface area contributed by atoms with Crippen molar-refractivity contribution in [3.63, 3.8) is 0 Å². The minimum Gasteiger partial charge on any atom is -0.391 e. The molecule has 3 atom stereocenters. The number of nitrogens with zero attached hydrogens (tertiary/aromatic N) is 1. The van der Waals surface area contributed by atoms with E-state index >= 15 is 0 Å². The van der Waals surface area contributed by atoms with Crippen LogP contribution in [0.2, 0.25) is 0 Å². The summed E-state index contributed by atoms with van der Waals surface area (Å²) in [6, 6.07) is -0.772. The molecule has 0 heterocycles. The Balaban J connectivity index is 4.39. The van der Waals surface area contributed by atoms with Gasteiger partial charge in [-0.05, 0) is 57.8 Å². The first kappa shape index (κ1) is 54.2. The van der Waals surface area contributed by atoms with Crippen molar-refractivity contribution in [1.82, 2.24) is 5.32 Å². The van der Waals surface area contributed by atoms with Crippen LogP contribution in [-0.4, -0.2) is 73.4 Å². The average molecular weight is 808 g/mol. The number of hydrogen-bond acceptors (Lipinski definition) is 5. The fourth-order valence-electron chi connectivity index (χ4n) is 6.19. The van der Waals surface area contributed by atoms with Crippen molar-refractivity contribution in [2.45, 2.75) is 193 Å². The van der Waals surface area contributed by atoms with E-state index in [1.54, 1.807) is 0 Å². The van der Waals surface area contributed by atoms with Gasteiger partial charge in [-0.2, -0.15) is 0 Å². The number of hydrogen-bond donors (Lipinski definition) is 3. The monoisotopic (exact) mass is 808 g/mol. The van der Waals surface area contributed by atoms with Crippen LogP contribution in [0.15, 0.2) is 60.8 Å². The molecule has 8 nitrogen and oxygen atoms in total. The van der Waals surface area contributed by atoms with Crippen molar-refractivity contribution in [2.24, 2.45) is 0 Å². The quantitative estimate of drug-likeness (QED) is 0.0246. The number of aliphatic hydroxyl groups excluding tert-OH is 1. The van der Waals surface area contributed by atoms with Crippen LogP contribution in [0.3, 0.4) is 0 Å². The number of carbonyl (C=O) groups excluding carboxylic acids is 1. The van der Waals surface area contributed by atoms with Gasteiger partial charge in [-0.25, -0.2) is 4.57 Å². The molecule has 0 aliphatic carbocycles. The SMILES string of the molecule is CC/C=C\C/C=C\C/C=C\C/C=C\C/C=C\CCCCCCCC(=O)NC(COP(=O)(O)OCC[N+](C)(C)C)C(O)CCCCCCCCCCCCCCC. The summed E-state index contributed by atoms with van der Waals surface area (Å²) >= 11 is 0. The molecule has 3 unspecified atom stereocenters. The Morgan fingerprint density at radius 1 is 0.625 bits per heavy atom. The average Bonchev–Trinajstić information content (AvgIpc) is 3.15. The van der Waals surface area contributed by atoms with Crippen molar-refractivity contribution in [1.29, 1.82) is 0 Å². The highest BCUT2D eigenvalue weighted by Gasteiger charge is 2.28. The van der Waals surface area contributed by atoms with Gasteiger partial charge < -0.3 is 19.8 Å². The van der Waals surface area contributed by atoms with E-state index in [0.717, 1.165) is 89.9 Å². The highest BCUT2D eigenvalue weighted by Crippen LogP contribution is 2.43. The van der Waals surface area contributed by atoms with Crippen LogP contribution >= 0.6 is 7.82 Å². The minimum atomic E-state index is -4.32. The van der Waals surface area contributed by atoms with Crippen molar-refractivity contribution < 1.29 is 32.9 Å². The normalized spacial score (nSPS) is 14.9. The van der Waals surface area contributed by atoms with Gasteiger partial charge in [0.25, 0.3) is 0 Å². The van der Waals surface area contributed by atoms with Gasteiger partial charge in [-0.15, -0.1) is 0 Å². The lowest BCUT2D eigenvalue weighted by molar-refractivity contribution is -0.870. The van der Waals surface area contributed by atoms with E-state index in [4.69, 9.17) is 9.05 Å². The molecule has 56 heavy (non-hydrogen) atoms. The Bertz CT molecular complexity index is 1100. The number of amides is 1. The summed E-state index contributed by atoms with van der Waals surface area (Å²) in [6.07, 6.45) is 49.6. The molecule has 0 saturated carbocycles. The molecule has 0 bridgehead atoms. The lowest BCUT2D eigenvalue weighted by Crippen LogP contribution is -2.46. The number of phosphoric acid groups is 1. The number of allylic oxidation sites excluding steroid dienone is 10. The summed E-state index contributed by atoms with van der Waals surface area (Å²) in [5, 5.41) is 13.9. The number of likely N-dealkylation sites (N-methyl/N-ethyl adjacent to an activating group) is 1. The fraction of sp³-hybridized carbons (Fsp3) is 0.766. The fourth-order valence-corrected chi connectivity index (χ4v) is 6.92. The van der Waals surface area contributed by atoms with E-state index in [1.165, 1.54) is 64.2 Å².